The molecule has 0 saturated carbocycles. The molecule has 2 rings (SSSR count). The van der Waals surface area contributed by atoms with Gasteiger partial charge in [0.25, 0.3) is 0 Å². The first-order chi connectivity index (χ1) is 7.63. The minimum Gasteiger partial charge on any atom is -0.384 e. The third-order valence-electron chi connectivity index (χ3n) is 2.47. The number of nitriles is 1. The molecular formula is C12H10ClN3. The number of halogens is 1. The summed E-state index contributed by atoms with van der Waals surface area (Å²) in [6.07, 6.45) is 7.28. The van der Waals surface area contributed by atoms with Crippen molar-refractivity contribution in [1.29, 1.82) is 5.26 Å². The van der Waals surface area contributed by atoms with Gasteiger partial charge in [0.2, 0.25) is 0 Å². The van der Waals surface area contributed by atoms with Gasteiger partial charge in [-0.3, -0.25) is 0 Å². The van der Waals surface area contributed by atoms with E-state index < -0.39 is 0 Å². The number of anilines is 1. The van der Waals surface area contributed by atoms with Gasteiger partial charge in [-0.1, -0.05) is 18.7 Å². The molecule has 0 bridgehead atoms. The predicted molar refractivity (Wildman–Crippen MR) is 65.8 cm³/mol. The molecule has 1 aliphatic carbocycles. The second kappa shape index (κ2) is 3.92. The lowest BCUT2D eigenvalue weighted by molar-refractivity contribution is 1.28. The van der Waals surface area contributed by atoms with Crippen LogP contribution in [0.4, 0.5) is 5.82 Å². The van der Waals surface area contributed by atoms with Crippen molar-refractivity contribution in [3.05, 3.63) is 47.7 Å². The molecule has 1 aromatic rings. The second-order valence-electron chi connectivity index (χ2n) is 3.54. The minimum absolute atomic E-state index is 0.175. The highest BCUT2D eigenvalue weighted by molar-refractivity contribution is 6.24. The first-order valence-electron chi connectivity index (χ1n) is 4.73. The van der Waals surface area contributed by atoms with Crippen LogP contribution in [0.1, 0.15) is 11.1 Å². The maximum absolute atomic E-state index is 8.99. The molecule has 0 saturated heterocycles. The zero-order valence-electron chi connectivity index (χ0n) is 8.50. The topological polar surface area (TPSA) is 65.6 Å². The minimum atomic E-state index is -0.175. The molecule has 1 aromatic heterocycles. The fourth-order valence-electron chi connectivity index (χ4n) is 1.59. The largest absolute Gasteiger partial charge is 0.384 e. The number of nitrogens with zero attached hydrogens (tertiary/aromatic N) is 1. The van der Waals surface area contributed by atoms with E-state index in [1.165, 1.54) is 0 Å². The molecule has 1 unspecified atom stereocenters. The van der Waals surface area contributed by atoms with Crippen LogP contribution in [0.15, 0.2) is 36.6 Å². The Morgan fingerprint density at radius 1 is 1.56 bits per heavy atom. The molecular weight excluding hydrogens is 222 g/mol. The van der Waals surface area contributed by atoms with E-state index in [9.17, 15) is 0 Å². The normalized spacial score (nSPS) is 19.4. The quantitative estimate of drug-likeness (QED) is 0.730. The third-order valence-corrected chi connectivity index (χ3v) is 2.90. The van der Waals surface area contributed by atoms with Crippen molar-refractivity contribution in [3.8, 4) is 6.07 Å². The van der Waals surface area contributed by atoms with Gasteiger partial charge >= 0.3 is 0 Å². The van der Waals surface area contributed by atoms with Gasteiger partial charge in [0.1, 0.15) is 17.5 Å². The van der Waals surface area contributed by atoms with Crippen LogP contribution >= 0.6 is 11.6 Å². The summed E-state index contributed by atoms with van der Waals surface area (Å²) in [6.45, 7) is 3.85. The van der Waals surface area contributed by atoms with Crippen LogP contribution in [-0.2, 0) is 0 Å². The number of nitrogens with one attached hydrogen (secondary N) is 1. The zero-order valence-corrected chi connectivity index (χ0v) is 9.25. The molecule has 0 radical (unpaired) electrons. The Morgan fingerprint density at radius 3 is 2.94 bits per heavy atom. The Labute approximate surface area is 98.5 Å². The molecule has 0 aliphatic heterocycles. The molecule has 16 heavy (non-hydrogen) atoms. The molecule has 1 atom stereocenters. The monoisotopic (exact) mass is 231 g/mol. The van der Waals surface area contributed by atoms with Crippen molar-refractivity contribution in [2.24, 2.45) is 0 Å². The van der Waals surface area contributed by atoms with Crippen LogP contribution in [0.3, 0.4) is 0 Å². The predicted octanol–water partition coefficient (Wildman–Crippen LogP) is 2.59. The van der Waals surface area contributed by atoms with Crippen LogP contribution in [0, 0.1) is 11.3 Å². The van der Waals surface area contributed by atoms with E-state index in [4.69, 9.17) is 22.6 Å². The van der Waals surface area contributed by atoms with E-state index in [0.29, 0.717) is 11.4 Å². The van der Waals surface area contributed by atoms with Crippen molar-refractivity contribution in [1.82, 2.24) is 4.98 Å². The summed E-state index contributed by atoms with van der Waals surface area (Å²) in [5.41, 5.74) is 8.58. The van der Waals surface area contributed by atoms with Crippen LogP contribution < -0.4 is 5.73 Å². The van der Waals surface area contributed by atoms with Crippen LogP contribution in [0.25, 0.3) is 5.57 Å². The van der Waals surface area contributed by atoms with Crippen molar-refractivity contribution in [2.75, 3.05) is 5.73 Å². The summed E-state index contributed by atoms with van der Waals surface area (Å²) in [6, 6.07) is 2.07. The molecule has 3 N–H and O–H groups in total. The third kappa shape index (κ3) is 1.64. The molecule has 0 amide bonds. The maximum atomic E-state index is 8.99. The van der Waals surface area contributed by atoms with E-state index in [-0.39, 0.29) is 5.38 Å². The van der Waals surface area contributed by atoms with Gasteiger partial charge in [0, 0.05) is 11.8 Å². The lowest BCUT2D eigenvalue weighted by Crippen LogP contribution is -2.01. The highest BCUT2D eigenvalue weighted by Crippen LogP contribution is 2.29. The lowest BCUT2D eigenvalue weighted by Gasteiger charge is -2.12. The van der Waals surface area contributed by atoms with Crippen molar-refractivity contribution < 1.29 is 0 Å². The van der Waals surface area contributed by atoms with Gasteiger partial charge in [-0.2, -0.15) is 5.26 Å². The summed E-state index contributed by atoms with van der Waals surface area (Å²) in [7, 11) is 0. The molecule has 1 aliphatic rings. The van der Waals surface area contributed by atoms with E-state index in [2.05, 4.69) is 17.6 Å². The Morgan fingerprint density at radius 2 is 2.31 bits per heavy atom. The number of aromatic nitrogens is 1. The molecule has 1 heterocycles. The van der Waals surface area contributed by atoms with Gasteiger partial charge < -0.3 is 10.7 Å². The SMILES string of the molecule is C=C1C=C(c2c[nH]c(N)c2C#N)C=CC1Cl. The van der Waals surface area contributed by atoms with Crippen LogP contribution in [0.5, 0.6) is 0 Å². The lowest BCUT2D eigenvalue weighted by atomic mass is 9.96. The molecule has 0 spiro atoms. The molecule has 3 nitrogen and oxygen atoms in total. The number of H-pyrrole nitrogens is 1. The Balaban J connectivity index is 2.48. The smallest absolute Gasteiger partial charge is 0.119 e. The fraction of sp³-hybridized carbons (Fsp3) is 0.0833. The summed E-state index contributed by atoms with van der Waals surface area (Å²) in [4.78, 5) is 2.83. The van der Waals surface area contributed by atoms with Gasteiger partial charge in [0.15, 0.2) is 0 Å². The van der Waals surface area contributed by atoms with Gasteiger partial charge in [-0.15, -0.1) is 11.6 Å². The van der Waals surface area contributed by atoms with Crippen molar-refractivity contribution in [2.45, 2.75) is 5.38 Å². The standard InChI is InChI=1S/C12H10ClN3/c1-7-4-8(2-3-11(7)13)10-6-16-12(15)9(10)5-14/h2-4,6,11,16H,1,15H2. The zero-order chi connectivity index (χ0) is 11.7. The number of hydrogen-bond acceptors (Lipinski definition) is 2. The molecule has 80 valence electrons. The summed E-state index contributed by atoms with van der Waals surface area (Å²) in [5, 5.41) is 8.81. The Bertz CT molecular complexity index is 543. The van der Waals surface area contributed by atoms with E-state index in [1.54, 1.807) is 6.20 Å². The Hall–Kier alpha value is -1.92. The number of rotatable bonds is 1. The van der Waals surface area contributed by atoms with Crippen LogP contribution in [0.2, 0.25) is 0 Å². The molecule has 0 aromatic carbocycles. The van der Waals surface area contributed by atoms with E-state index >= 15 is 0 Å². The Kier molecular flexibility index (Phi) is 2.59. The highest BCUT2D eigenvalue weighted by Gasteiger charge is 2.15. The maximum Gasteiger partial charge on any atom is 0.119 e. The van der Waals surface area contributed by atoms with Crippen molar-refractivity contribution in [3.63, 3.8) is 0 Å². The van der Waals surface area contributed by atoms with E-state index in [0.717, 1.165) is 16.7 Å². The van der Waals surface area contributed by atoms with Crippen molar-refractivity contribution >= 4 is 23.0 Å². The average molecular weight is 232 g/mol. The van der Waals surface area contributed by atoms with Gasteiger partial charge in [-0.05, 0) is 17.2 Å². The number of allylic oxidation sites excluding steroid dienone is 5. The fourth-order valence-corrected chi connectivity index (χ4v) is 1.73. The molecule has 0 fully saturated rings. The average Bonchev–Trinajstić information content (AvgIpc) is 2.63. The number of nitrogens with two attached hydrogens (primary N) is 1. The first kappa shape index (κ1) is 10.6. The summed E-state index contributed by atoms with van der Waals surface area (Å²) < 4.78 is 0. The number of nitrogen functional groups attached to an aromatic ring is 1. The number of aromatic amines is 1. The highest BCUT2D eigenvalue weighted by atomic mass is 35.5. The van der Waals surface area contributed by atoms with Gasteiger partial charge in [-0.25, -0.2) is 0 Å². The second-order valence-corrected chi connectivity index (χ2v) is 4.01. The van der Waals surface area contributed by atoms with Gasteiger partial charge in [0.05, 0.1) is 5.38 Å². The number of alkyl halides is 1. The van der Waals surface area contributed by atoms with Crippen LogP contribution in [-0.4, -0.2) is 10.4 Å². The first-order valence-corrected chi connectivity index (χ1v) is 5.17. The summed E-state index contributed by atoms with van der Waals surface area (Å²) >= 11 is 5.97. The van der Waals surface area contributed by atoms with E-state index in [1.807, 2.05) is 18.2 Å². The molecule has 4 heteroatoms. The number of hydrogen-bond donors (Lipinski definition) is 2. The summed E-state index contributed by atoms with van der Waals surface area (Å²) in [5.74, 6) is 0.380.